The quantitative estimate of drug-likeness (QED) is 0.167. The van der Waals surface area contributed by atoms with Gasteiger partial charge >= 0.3 is 12.1 Å². The minimum atomic E-state index is -5.08. The summed E-state index contributed by atoms with van der Waals surface area (Å²) in [6.45, 7) is 4.58. The van der Waals surface area contributed by atoms with Crippen LogP contribution in [0.25, 0.3) is 11.1 Å². The molecule has 0 radical (unpaired) electrons. The average Bonchev–Trinajstić information content (AvgIpc) is 3.84. The highest BCUT2D eigenvalue weighted by atomic mass is 19.4. The van der Waals surface area contributed by atoms with Crippen LogP contribution < -0.4 is 10.8 Å². The molecule has 5 rings (SSSR count). The zero-order chi connectivity index (χ0) is 32.4. The number of carboxylic acids is 1. The topological polar surface area (TPSA) is 126 Å². The van der Waals surface area contributed by atoms with Crippen LogP contribution in [0, 0.1) is 17.2 Å². The van der Waals surface area contributed by atoms with Gasteiger partial charge in [-0.3, -0.25) is 10.0 Å². The van der Waals surface area contributed by atoms with Gasteiger partial charge in [0.25, 0.3) is 5.91 Å². The van der Waals surface area contributed by atoms with Crippen LogP contribution in [0.1, 0.15) is 58.6 Å². The van der Waals surface area contributed by atoms with Crippen LogP contribution in [0.4, 0.5) is 13.2 Å². The number of nitrogens with one attached hydrogen (secondary N) is 2. The van der Waals surface area contributed by atoms with E-state index in [0.29, 0.717) is 23.1 Å². The van der Waals surface area contributed by atoms with Crippen molar-refractivity contribution >= 4 is 11.9 Å². The summed E-state index contributed by atoms with van der Waals surface area (Å²) in [5, 5.41) is 28.7. The van der Waals surface area contributed by atoms with Crippen molar-refractivity contribution in [2.45, 2.75) is 50.2 Å². The molecule has 3 aromatic carbocycles. The summed E-state index contributed by atoms with van der Waals surface area (Å²) in [5.41, 5.74) is 7.82. The Morgan fingerprint density at radius 3 is 2.04 bits per heavy atom. The van der Waals surface area contributed by atoms with E-state index < -0.39 is 18.1 Å². The lowest BCUT2D eigenvalue weighted by Gasteiger charge is -2.32. The molecule has 2 unspecified atom stereocenters. The van der Waals surface area contributed by atoms with Crippen LogP contribution in [0.5, 0.6) is 0 Å². The number of halogens is 3. The van der Waals surface area contributed by atoms with E-state index in [1.807, 2.05) is 36.4 Å². The number of rotatable bonds is 10. The van der Waals surface area contributed by atoms with Gasteiger partial charge in [-0.05, 0) is 111 Å². The van der Waals surface area contributed by atoms with Crippen molar-refractivity contribution in [3.8, 4) is 17.2 Å². The molecule has 238 valence electrons. The molecule has 4 N–H and O–H groups in total. The second-order valence-electron chi connectivity index (χ2n) is 11.5. The van der Waals surface area contributed by atoms with Gasteiger partial charge in [-0.25, -0.2) is 10.3 Å². The highest BCUT2D eigenvalue weighted by Crippen LogP contribution is 2.41. The standard InChI is InChI=1S/C32H36N4O2.C2HF3O2/c33-21-24-5-7-26(8-6-24)27-11-13-28(14-12-27)30-20-31(30)34-22-25-15-18-36(19-16-25)17-1-2-23-3-9-29(10-4-23)32(37)35-38;3-2(4,5)1(6)7/h3-14,25,30-31,34,38H,1-2,15-20,22H2,(H,35,37);(H,6,7). The fraction of sp³-hybridized carbons (Fsp3) is 0.382. The van der Waals surface area contributed by atoms with Gasteiger partial charge in [0.2, 0.25) is 0 Å². The Labute approximate surface area is 260 Å². The van der Waals surface area contributed by atoms with Crippen LogP contribution in [0.2, 0.25) is 0 Å². The number of hydroxylamine groups is 1. The maximum absolute atomic E-state index is 11.4. The molecule has 0 bridgehead atoms. The number of carboxylic acid groups (broad SMARTS) is 1. The number of aliphatic carboxylic acids is 1. The number of hydrogen-bond donors (Lipinski definition) is 4. The Morgan fingerprint density at radius 2 is 1.51 bits per heavy atom. The van der Waals surface area contributed by atoms with Crippen LogP contribution in [-0.2, 0) is 11.2 Å². The first-order valence-corrected chi connectivity index (χ1v) is 15.0. The van der Waals surface area contributed by atoms with Crippen molar-refractivity contribution in [2.24, 2.45) is 5.92 Å². The molecule has 1 saturated carbocycles. The number of nitrogens with zero attached hydrogens (tertiary/aromatic N) is 2. The molecule has 1 heterocycles. The molecular weight excluding hydrogens is 585 g/mol. The molecule has 8 nitrogen and oxygen atoms in total. The van der Waals surface area contributed by atoms with Gasteiger partial charge in [-0.15, -0.1) is 0 Å². The monoisotopic (exact) mass is 622 g/mol. The highest BCUT2D eigenvalue weighted by Gasteiger charge is 2.39. The van der Waals surface area contributed by atoms with Crippen LogP contribution in [0.3, 0.4) is 0 Å². The molecule has 1 saturated heterocycles. The minimum Gasteiger partial charge on any atom is -0.475 e. The highest BCUT2D eigenvalue weighted by molar-refractivity contribution is 5.93. The van der Waals surface area contributed by atoms with Crippen LogP contribution >= 0.6 is 0 Å². The van der Waals surface area contributed by atoms with Gasteiger partial charge in [0.1, 0.15) is 0 Å². The number of carbonyl (C=O) groups is 2. The zero-order valence-corrected chi connectivity index (χ0v) is 24.8. The molecule has 2 aliphatic rings. The van der Waals surface area contributed by atoms with E-state index in [1.165, 1.54) is 49.0 Å². The van der Waals surface area contributed by atoms with Gasteiger partial charge in [0.05, 0.1) is 11.6 Å². The van der Waals surface area contributed by atoms with E-state index in [4.69, 9.17) is 20.4 Å². The number of hydrogen-bond acceptors (Lipinski definition) is 6. The number of piperidine rings is 1. The van der Waals surface area contributed by atoms with Crippen molar-refractivity contribution < 1.29 is 33.1 Å². The summed E-state index contributed by atoms with van der Waals surface area (Å²) in [5.74, 6) is -1.85. The molecule has 1 aliphatic carbocycles. The summed E-state index contributed by atoms with van der Waals surface area (Å²) >= 11 is 0. The van der Waals surface area contributed by atoms with E-state index in [-0.39, 0.29) is 0 Å². The van der Waals surface area contributed by atoms with Crippen molar-refractivity contribution in [3.63, 3.8) is 0 Å². The smallest absolute Gasteiger partial charge is 0.475 e. The zero-order valence-electron chi connectivity index (χ0n) is 24.8. The van der Waals surface area contributed by atoms with Gasteiger partial charge < -0.3 is 15.3 Å². The number of likely N-dealkylation sites (tertiary alicyclic amines) is 1. The number of amides is 1. The van der Waals surface area contributed by atoms with E-state index in [0.717, 1.165) is 37.4 Å². The summed E-state index contributed by atoms with van der Waals surface area (Å²) < 4.78 is 31.7. The van der Waals surface area contributed by atoms with Crippen molar-refractivity contribution in [1.29, 1.82) is 5.26 Å². The molecular formula is C34H37F3N4O4. The predicted octanol–water partition coefficient (Wildman–Crippen LogP) is 5.77. The lowest BCUT2D eigenvalue weighted by Crippen LogP contribution is -2.38. The second-order valence-corrected chi connectivity index (χ2v) is 11.5. The Morgan fingerprint density at radius 1 is 0.933 bits per heavy atom. The fourth-order valence-corrected chi connectivity index (χ4v) is 5.58. The maximum Gasteiger partial charge on any atom is 0.490 e. The van der Waals surface area contributed by atoms with Crippen molar-refractivity contribution in [1.82, 2.24) is 15.7 Å². The molecule has 0 aromatic heterocycles. The molecule has 1 aliphatic heterocycles. The van der Waals surface area contributed by atoms with Gasteiger partial charge in [0, 0.05) is 17.5 Å². The number of alkyl halides is 3. The molecule has 1 amide bonds. The largest absolute Gasteiger partial charge is 0.490 e. The van der Waals surface area contributed by atoms with Gasteiger partial charge in [0.15, 0.2) is 0 Å². The Kier molecular flexibility index (Phi) is 11.7. The SMILES string of the molecule is N#Cc1ccc(-c2ccc(C3CC3NCC3CCN(CCCc4ccc(C(=O)NO)cc4)CC3)cc2)cc1.O=C(O)C(F)(F)F. The third-order valence-electron chi connectivity index (χ3n) is 8.35. The first kappa shape index (κ1) is 33.6. The normalized spacial score (nSPS) is 18.3. The number of carbonyl (C=O) groups excluding carboxylic acids is 1. The van der Waals surface area contributed by atoms with Crippen molar-refractivity contribution in [2.75, 3.05) is 26.2 Å². The molecule has 11 heteroatoms. The molecule has 0 spiro atoms. The maximum atomic E-state index is 11.4. The third-order valence-corrected chi connectivity index (χ3v) is 8.35. The van der Waals surface area contributed by atoms with Gasteiger partial charge in [-0.1, -0.05) is 48.5 Å². The second kappa shape index (κ2) is 15.7. The lowest BCUT2D eigenvalue weighted by atomic mass is 9.96. The Balaban J connectivity index is 0.000000591. The van der Waals surface area contributed by atoms with Crippen molar-refractivity contribution in [3.05, 3.63) is 95.1 Å². The summed E-state index contributed by atoms with van der Waals surface area (Å²) in [7, 11) is 0. The summed E-state index contributed by atoms with van der Waals surface area (Å²) in [4.78, 5) is 22.9. The average molecular weight is 623 g/mol. The summed E-state index contributed by atoms with van der Waals surface area (Å²) in [6.07, 6.45) is 0.770. The first-order chi connectivity index (χ1) is 21.6. The predicted molar refractivity (Wildman–Crippen MR) is 163 cm³/mol. The number of nitriles is 1. The Hall–Kier alpha value is -4.24. The summed E-state index contributed by atoms with van der Waals surface area (Å²) in [6, 6.07) is 26.9. The molecule has 45 heavy (non-hydrogen) atoms. The van der Waals surface area contributed by atoms with E-state index in [1.54, 1.807) is 17.6 Å². The van der Waals surface area contributed by atoms with E-state index in [9.17, 15) is 18.0 Å². The minimum absolute atomic E-state index is 0.471. The number of aryl methyl sites for hydroxylation is 1. The lowest BCUT2D eigenvalue weighted by molar-refractivity contribution is -0.192. The van der Waals surface area contributed by atoms with E-state index in [2.05, 4.69) is 40.6 Å². The van der Waals surface area contributed by atoms with Crippen LogP contribution in [0.15, 0.2) is 72.8 Å². The molecule has 2 atom stereocenters. The van der Waals surface area contributed by atoms with Gasteiger partial charge in [-0.2, -0.15) is 18.4 Å². The number of benzene rings is 3. The fourth-order valence-electron chi connectivity index (χ4n) is 5.58. The molecule has 3 aromatic rings. The van der Waals surface area contributed by atoms with E-state index >= 15 is 0 Å². The molecule has 2 fully saturated rings. The van der Waals surface area contributed by atoms with Crippen LogP contribution in [-0.4, -0.2) is 65.5 Å². The third kappa shape index (κ3) is 10.1. The Bertz CT molecular complexity index is 1450. The first-order valence-electron chi connectivity index (χ1n) is 15.0.